The van der Waals surface area contributed by atoms with E-state index in [2.05, 4.69) is 10.0 Å². The van der Waals surface area contributed by atoms with E-state index in [4.69, 9.17) is 10.8 Å². The molecule has 0 saturated heterocycles. The molecule has 0 heterocycles. The number of aryl methyl sites for hydroxylation is 1. The van der Waals surface area contributed by atoms with Gasteiger partial charge in [0.1, 0.15) is 6.10 Å². The highest BCUT2D eigenvalue weighted by atomic mass is 16.3. The number of azide groups is 1. The van der Waals surface area contributed by atoms with Crippen LogP contribution in [-0.4, -0.2) is 22.9 Å². The van der Waals surface area contributed by atoms with Crippen molar-refractivity contribution >= 4 is 0 Å². The standard InChI is InChI=1S/C12H14N4O2/c1-8-2-3-10(9(6-8)7-13)12(18)11(17)4-5-15-16-14/h2-3,6,11-12,17-18H,4-5H2,1H3. The molecule has 1 aromatic rings. The Morgan fingerprint density at radius 2 is 2.22 bits per heavy atom. The average molecular weight is 246 g/mol. The zero-order valence-corrected chi connectivity index (χ0v) is 9.98. The topological polar surface area (TPSA) is 113 Å². The van der Waals surface area contributed by atoms with Crippen molar-refractivity contribution in [2.75, 3.05) is 6.54 Å². The van der Waals surface area contributed by atoms with E-state index in [-0.39, 0.29) is 13.0 Å². The summed E-state index contributed by atoms with van der Waals surface area (Å²) in [5, 5.41) is 32.0. The number of nitrogens with zero attached hydrogens (tertiary/aromatic N) is 4. The van der Waals surface area contributed by atoms with E-state index in [9.17, 15) is 10.2 Å². The Morgan fingerprint density at radius 3 is 2.83 bits per heavy atom. The van der Waals surface area contributed by atoms with Crippen molar-refractivity contribution in [1.82, 2.24) is 0 Å². The Bertz CT molecular complexity index is 503. The maximum atomic E-state index is 9.96. The summed E-state index contributed by atoms with van der Waals surface area (Å²) < 4.78 is 0. The first-order valence-electron chi connectivity index (χ1n) is 5.47. The summed E-state index contributed by atoms with van der Waals surface area (Å²) in [4.78, 5) is 2.56. The monoisotopic (exact) mass is 246 g/mol. The minimum absolute atomic E-state index is 0.0997. The first-order valence-corrected chi connectivity index (χ1v) is 5.47. The van der Waals surface area contributed by atoms with Gasteiger partial charge in [-0.15, -0.1) is 0 Å². The van der Waals surface area contributed by atoms with Crippen molar-refractivity contribution in [2.24, 2.45) is 5.11 Å². The summed E-state index contributed by atoms with van der Waals surface area (Å²) in [6.45, 7) is 1.94. The molecule has 2 unspecified atom stereocenters. The second-order valence-electron chi connectivity index (χ2n) is 3.96. The highest BCUT2D eigenvalue weighted by molar-refractivity contribution is 5.41. The smallest absolute Gasteiger partial charge is 0.106 e. The summed E-state index contributed by atoms with van der Waals surface area (Å²) in [5.41, 5.74) is 9.75. The molecule has 2 atom stereocenters. The summed E-state index contributed by atoms with van der Waals surface area (Å²) in [6.07, 6.45) is -2.08. The molecule has 0 fully saturated rings. The normalized spacial score (nSPS) is 13.2. The van der Waals surface area contributed by atoms with Crippen molar-refractivity contribution in [3.05, 3.63) is 45.3 Å². The summed E-state index contributed by atoms with van der Waals surface area (Å²) in [6, 6.07) is 7.02. The molecule has 1 rings (SSSR count). The second-order valence-corrected chi connectivity index (χ2v) is 3.96. The van der Waals surface area contributed by atoms with Crippen LogP contribution >= 0.6 is 0 Å². The molecular weight excluding hydrogens is 232 g/mol. The third kappa shape index (κ3) is 3.47. The van der Waals surface area contributed by atoms with E-state index < -0.39 is 12.2 Å². The van der Waals surface area contributed by atoms with E-state index in [1.54, 1.807) is 18.2 Å². The van der Waals surface area contributed by atoms with Crippen LogP contribution in [0.25, 0.3) is 10.4 Å². The molecule has 0 aliphatic heterocycles. The molecule has 2 N–H and O–H groups in total. The lowest BCUT2D eigenvalue weighted by Crippen LogP contribution is -2.20. The van der Waals surface area contributed by atoms with Crippen LogP contribution < -0.4 is 0 Å². The lowest BCUT2D eigenvalue weighted by atomic mass is 9.96. The zero-order valence-electron chi connectivity index (χ0n) is 9.98. The molecule has 0 aliphatic carbocycles. The molecule has 0 aliphatic rings. The van der Waals surface area contributed by atoms with Gasteiger partial charge in [0, 0.05) is 17.0 Å². The lowest BCUT2D eigenvalue weighted by Gasteiger charge is -2.18. The first kappa shape index (κ1) is 14.0. The van der Waals surface area contributed by atoms with Crippen molar-refractivity contribution in [3.8, 4) is 6.07 Å². The number of aliphatic hydroxyl groups excluding tert-OH is 2. The van der Waals surface area contributed by atoms with Crippen LogP contribution in [0.4, 0.5) is 0 Å². The molecule has 0 saturated carbocycles. The molecule has 1 aromatic carbocycles. The third-order valence-corrected chi connectivity index (χ3v) is 2.60. The molecule has 18 heavy (non-hydrogen) atoms. The Balaban J connectivity index is 2.86. The molecule has 0 spiro atoms. The zero-order chi connectivity index (χ0) is 13.5. The van der Waals surface area contributed by atoms with Gasteiger partial charge in [-0.25, -0.2) is 0 Å². The van der Waals surface area contributed by atoms with Crippen molar-refractivity contribution in [3.63, 3.8) is 0 Å². The summed E-state index contributed by atoms with van der Waals surface area (Å²) in [7, 11) is 0. The van der Waals surface area contributed by atoms with Crippen LogP contribution in [0.5, 0.6) is 0 Å². The molecule has 6 nitrogen and oxygen atoms in total. The Morgan fingerprint density at radius 1 is 1.50 bits per heavy atom. The third-order valence-electron chi connectivity index (χ3n) is 2.60. The van der Waals surface area contributed by atoms with Gasteiger partial charge in [0.25, 0.3) is 0 Å². The van der Waals surface area contributed by atoms with Crippen LogP contribution in [0.1, 0.15) is 29.2 Å². The van der Waals surface area contributed by atoms with Gasteiger partial charge in [0.05, 0.1) is 17.7 Å². The minimum atomic E-state index is -1.16. The Labute approximate surface area is 105 Å². The highest BCUT2D eigenvalue weighted by Gasteiger charge is 2.20. The fraction of sp³-hybridized carbons (Fsp3) is 0.417. The molecular formula is C12H14N4O2. The highest BCUT2D eigenvalue weighted by Crippen LogP contribution is 2.23. The number of nitriles is 1. The van der Waals surface area contributed by atoms with E-state index in [0.717, 1.165) is 5.56 Å². The number of hydrogen-bond donors (Lipinski definition) is 2. The molecule has 94 valence electrons. The fourth-order valence-electron chi connectivity index (χ4n) is 1.62. The Hall–Kier alpha value is -2.06. The molecule has 0 aromatic heterocycles. The number of benzene rings is 1. The lowest BCUT2D eigenvalue weighted by molar-refractivity contribution is 0.0149. The molecule has 0 amide bonds. The van der Waals surface area contributed by atoms with Gasteiger partial charge in [-0.05, 0) is 30.5 Å². The van der Waals surface area contributed by atoms with Gasteiger partial charge in [0.15, 0.2) is 0 Å². The van der Waals surface area contributed by atoms with Crippen LogP contribution in [0, 0.1) is 18.3 Å². The quantitative estimate of drug-likeness (QED) is 0.470. The molecule has 6 heteroatoms. The predicted octanol–water partition coefficient (Wildman–Crippen LogP) is 1.96. The van der Waals surface area contributed by atoms with Crippen molar-refractivity contribution < 1.29 is 10.2 Å². The SMILES string of the molecule is Cc1ccc(C(O)C(O)CCN=[N+]=[N-])c(C#N)c1. The van der Waals surface area contributed by atoms with Gasteiger partial charge in [-0.3, -0.25) is 0 Å². The van der Waals surface area contributed by atoms with Gasteiger partial charge in [0.2, 0.25) is 0 Å². The van der Waals surface area contributed by atoms with Gasteiger partial charge in [-0.1, -0.05) is 17.2 Å². The van der Waals surface area contributed by atoms with E-state index in [0.29, 0.717) is 11.1 Å². The van der Waals surface area contributed by atoms with E-state index >= 15 is 0 Å². The van der Waals surface area contributed by atoms with Gasteiger partial charge >= 0.3 is 0 Å². The predicted molar refractivity (Wildman–Crippen MR) is 65.5 cm³/mol. The first-order chi connectivity index (χ1) is 8.60. The number of rotatable bonds is 5. The summed E-state index contributed by atoms with van der Waals surface area (Å²) in [5.74, 6) is 0. The maximum absolute atomic E-state index is 9.96. The fourth-order valence-corrected chi connectivity index (χ4v) is 1.62. The molecule has 0 bridgehead atoms. The number of aliphatic hydroxyl groups is 2. The summed E-state index contributed by atoms with van der Waals surface area (Å²) >= 11 is 0. The van der Waals surface area contributed by atoms with Gasteiger partial charge < -0.3 is 10.2 Å². The second kappa shape index (κ2) is 6.62. The largest absolute Gasteiger partial charge is 0.390 e. The van der Waals surface area contributed by atoms with Crippen LogP contribution in [0.15, 0.2) is 23.3 Å². The van der Waals surface area contributed by atoms with Crippen LogP contribution in [-0.2, 0) is 0 Å². The van der Waals surface area contributed by atoms with Crippen molar-refractivity contribution in [2.45, 2.75) is 25.6 Å². The van der Waals surface area contributed by atoms with Gasteiger partial charge in [-0.2, -0.15) is 5.26 Å². The number of hydrogen-bond acceptors (Lipinski definition) is 4. The minimum Gasteiger partial charge on any atom is -0.390 e. The average Bonchev–Trinajstić information content (AvgIpc) is 2.37. The Kier molecular flexibility index (Phi) is 5.15. The van der Waals surface area contributed by atoms with Crippen LogP contribution in [0.2, 0.25) is 0 Å². The van der Waals surface area contributed by atoms with Crippen molar-refractivity contribution in [1.29, 1.82) is 5.26 Å². The van der Waals surface area contributed by atoms with E-state index in [1.807, 2.05) is 13.0 Å². The molecule has 0 radical (unpaired) electrons. The maximum Gasteiger partial charge on any atom is 0.106 e. The van der Waals surface area contributed by atoms with E-state index in [1.165, 1.54) is 0 Å². The van der Waals surface area contributed by atoms with Crippen LogP contribution in [0.3, 0.4) is 0 Å².